The van der Waals surface area contributed by atoms with E-state index in [0.717, 1.165) is 16.8 Å². The average molecular weight is 297 g/mol. The summed E-state index contributed by atoms with van der Waals surface area (Å²) in [6.07, 6.45) is 0. The first-order valence-electron chi connectivity index (χ1n) is 6.98. The lowest BCUT2D eigenvalue weighted by molar-refractivity contribution is -0.114. The Bertz CT molecular complexity index is 691. The summed E-state index contributed by atoms with van der Waals surface area (Å²) in [4.78, 5) is 23.4. The van der Waals surface area contributed by atoms with Gasteiger partial charge in [-0.2, -0.15) is 0 Å². The van der Waals surface area contributed by atoms with Crippen molar-refractivity contribution < 1.29 is 9.59 Å². The van der Waals surface area contributed by atoms with Gasteiger partial charge in [0.15, 0.2) is 0 Å². The Hall–Kier alpha value is -2.82. The van der Waals surface area contributed by atoms with Crippen LogP contribution in [0, 0.1) is 13.8 Å². The molecule has 2 rings (SSSR count). The normalized spacial score (nSPS) is 10.1. The van der Waals surface area contributed by atoms with E-state index in [4.69, 9.17) is 5.73 Å². The molecule has 2 aromatic carbocycles. The monoisotopic (exact) mass is 297 g/mol. The highest BCUT2D eigenvalue weighted by atomic mass is 16.2. The number of benzene rings is 2. The minimum absolute atomic E-state index is 0.0536. The lowest BCUT2D eigenvalue weighted by Crippen LogP contribution is -2.24. The summed E-state index contributed by atoms with van der Waals surface area (Å²) in [7, 11) is 0. The van der Waals surface area contributed by atoms with Crippen LogP contribution < -0.4 is 16.4 Å². The third kappa shape index (κ3) is 3.63. The van der Waals surface area contributed by atoms with Gasteiger partial charge in [-0.15, -0.1) is 0 Å². The second-order valence-electron chi connectivity index (χ2n) is 5.08. The van der Waals surface area contributed by atoms with Crippen LogP contribution in [0.5, 0.6) is 0 Å². The number of carbonyl (C=O) groups excluding carboxylic acids is 2. The van der Waals surface area contributed by atoms with Crippen molar-refractivity contribution in [1.29, 1.82) is 0 Å². The van der Waals surface area contributed by atoms with Crippen LogP contribution in [0.3, 0.4) is 0 Å². The van der Waals surface area contributed by atoms with Crippen LogP contribution in [0.2, 0.25) is 0 Å². The first-order chi connectivity index (χ1) is 10.5. The van der Waals surface area contributed by atoms with Crippen molar-refractivity contribution in [2.75, 3.05) is 17.2 Å². The van der Waals surface area contributed by atoms with E-state index in [-0.39, 0.29) is 12.5 Å². The molecule has 4 N–H and O–H groups in total. The lowest BCUT2D eigenvalue weighted by Gasteiger charge is -2.13. The summed E-state index contributed by atoms with van der Waals surface area (Å²) in [6.45, 7) is 3.94. The van der Waals surface area contributed by atoms with E-state index in [1.165, 1.54) is 0 Å². The molecule has 0 saturated carbocycles. The number of para-hydroxylation sites is 2. The van der Waals surface area contributed by atoms with Crippen molar-refractivity contribution in [1.82, 2.24) is 0 Å². The zero-order valence-electron chi connectivity index (χ0n) is 12.6. The van der Waals surface area contributed by atoms with Gasteiger partial charge in [0.2, 0.25) is 5.91 Å². The van der Waals surface area contributed by atoms with Gasteiger partial charge in [0.05, 0.1) is 12.1 Å². The SMILES string of the molecule is Cc1cccc(C)c1NC(=O)CNc1ccccc1C(N)=O. The molecule has 0 aliphatic carbocycles. The number of hydrogen-bond donors (Lipinski definition) is 3. The fraction of sp³-hybridized carbons (Fsp3) is 0.176. The molecule has 0 heterocycles. The van der Waals surface area contributed by atoms with Crippen molar-refractivity contribution in [3.8, 4) is 0 Å². The lowest BCUT2D eigenvalue weighted by atomic mass is 10.1. The summed E-state index contributed by atoms with van der Waals surface area (Å²) >= 11 is 0. The van der Waals surface area contributed by atoms with E-state index in [1.807, 2.05) is 32.0 Å². The van der Waals surface area contributed by atoms with Crippen LogP contribution in [0.4, 0.5) is 11.4 Å². The molecule has 0 unspecified atom stereocenters. The van der Waals surface area contributed by atoms with Gasteiger partial charge in [-0.25, -0.2) is 0 Å². The molecule has 0 aromatic heterocycles. The summed E-state index contributed by atoms with van der Waals surface area (Å²) < 4.78 is 0. The molecule has 0 fully saturated rings. The number of aryl methyl sites for hydroxylation is 2. The number of nitrogens with two attached hydrogens (primary N) is 1. The molecule has 0 saturated heterocycles. The summed E-state index contributed by atoms with van der Waals surface area (Å²) in [5.74, 6) is -0.713. The fourth-order valence-electron chi connectivity index (χ4n) is 2.22. The van der Waals surface area contributed by atoms with Gasteiger partial charge in [0.25, 0.3) is 5.91 Å². The van der Waals surface area contributed by atoms with E-state index in [1.54, 1.807) is 24.3 Å². The second kappa shape index (κ2) is 6.76. The molecular formula is C17H19N3O2. The molecule has 0 radical (unpaired) electrons. The fourth-order valence-corrected chi connectivity index (χ4v) is 2.22. The highest BCUT2D eigenvalue weighted by molar-refractivity contribution is 6.00. The van der Waals surface area contributed by atoms with Crippen LogP contribution in [0.25, 0.3) is 0 Å². The van der Waals surface area contributed by atoms with Gasteiger partial charge in [0.1, 0.15) is 0 Å². The summed E-state index contributed by atoms with van der Waals surface area (Å²) in [5, 5.41) is 5.82. The van der Waals surface area contributed by atoms with E-state index in [9.17, 15) is 9.59 Å². The quantitative estimate of drug-likeness (QED) is 0.792. The number of hydrogen-bond acceptors (Lipinski definition) is 3. The molecule has 0 aliphatic rings. The predicted molar refractivity (Wildman–Crippen MR) is 88.0 cm³/mol. The van der Waals surface area contributed by atoms with E-state index < -0.39 is 5.91 Å². The van der Waals surface area contributed by atoms with Crippen LogP contribution in [0.1, 0.15) is 21.5 Å². The maximum absolute atomic E-state index is 12.1. The highest BCUT2D eigenvalue weighted by Gasteiger charge is 2.10. The molecule has 2 amide bonds. The first-order valence-corrected chi connectivity index (χ1v) is 6.98. The molecule has 2 aromatic rings. The molecule has 5 nitrogen and oxygen atoms in total. The number of amides is 2. The molecule has 0 aliphatic heterocycles. The van der Waals surface area contributed by atoms with Gasteiger partial charge in [-0.3, -0.25) is 9.59 Å². The first kappa shape index (κ1) is 15.6. The van der Waals surface area contributed by atoms with Gasteiger partial charge in [-0.1, -0.05) is 30.3 Å². The highest BCUT2D eigenvalue weighted by Crippen LogP contribution is 2.19. The number of primary amides is 1. The number of carbonyl (C=O) groups is 2. The van der Waals surface area contributed by atoms with Crippen molar-refractivity contribution >= 4 is 23.2 Å². The van der Waals surface area contributed by atoms with E-state index >= 15 is 0 Å². The molecule has 0 bridgehead atoms. The van der Waals surface area contributed by atoms with Gasteiger partial charge in [0, 0.05) is 11.4 Å². The maximum Gasteiger partial charge on any atom is 0.250 e. The largest absolute Gasteiger partial charge is 0.376 e. The number of anilines is 2. The zero-order chi connectivity index (χ0) is 16.1. The number of rotatable bonds is 5. The zero-order valence-corrected chi connectivity index (χ0v) is 12.6. The molecule has 5 heteroatoms. The van der Waals surface area contributed by atoms with Crippen LogP contribution >= 0.6 is 0 Å². The van der Waals surface area contributed by atoms with Gasteiger partial charge >= 0.3 is 0 Å². The minimum Gasteiger partial charge on any atom is -0.376 e. The molecule has 0 spiro atoms. The average Bonchev–Trinajstić information content (AvgIpc) is 2.49. The van der Waals surface area contributed by atoms with Crippen molar-refractivity contribution in [2.45, 2.75) is 13.8 Å². The van der Waals surface area contributed by atoms with Gasteiger partial charge in [-0.05, 0) is 37.1 Å². The van der Waals surface area contributed by atoms with E-state index in [2.05, 4.69) is 10.6 Å². The Kier molecular flexibility index (Phi) is 4.78. The Morgan fingerprint density at radius 3 is 2.27 bits per heavy atom. The second-order valence-corrected chi connectivity index (χ2v) is 5.08. The van der Waals surface area contributed by atoms with Crippen molar-refractivity contribution in [3.63, 3.8) is 0 Å². The maximum atomic E-state index is 12.1. The summed E-state index contributed by atoms with van der Waals surface area (Å²) in [6, 6.07) is 12.7. The van der Waals surface area contributed by atoms with E-state index in [0.29, 0.717) is 11.3 Å². The van der Waals surface area contributed by atoms with Crippen LogP contribution in [-0.4, -0.2) is 18.4 Å². The van der Waals surface area contributed by atoms with Crippen molar-refractivity contribution in [3.05, 3.63) is 59.2 Å². The third-order valence-corrected chi connectivity index (χ3v) is 3.38. The van der Waals surface area contributed by atoms with Crippen LogP contribution in [0.15, 0.2) is 42.5 Å². The Morgan fingerprint density at radius 2 is 1.64 bits per heavy atom. The smallest absolute Gasteiger partial charge is 0.250 e. The summed E-state index contributed by atoms with van der Waals surface area (Å²) in [5.41, 5.74) is 9.04. The Morgan fingerprint density at radius 1 is 1.00 bits per heavy atom. The molecule has 0 atom stereocenters. The Labute approximate surface area is 129 Å². The Balaban J connectivity index is 2.04. The molecule has 114 valence electrons. The standard InChI is InChI=1S/C17H19N3O2/c1-11-6-5-7-12(2)16(11)20-15(21)10-19-14-9-4-3-8-13(14)17(18)22/h3-9,19H,10H2,1-2H3,(H2,18,22)(H,20,21). The predicted octanol–water partition coefficient (Wildman–Crippen LogP) is 2.45. The van der Waals surface area contributed by atoms with Crippen LogP contribution in [-0.2, 0) is 4.79 Å². The van der Waals surface area contributed by atoms with Crippen molar-refractivity contribution in [2.24, 2.45) is 5.73 Å². The minimum atomic E-state index is -0.529. The molecular weight excluding hydrogens is 278 g/mol. The van der Waals surface area contributed by atoms with Gasteiger partial charge < -0.3 is 16.4 Å². The molecule has 22 heavy (non-hydrogen) atoms. The number of nitrogens with one attached hydrogen (secondary N) is 2. The topological polar surface area (TPSA) is 84.2 Å². The third-order valence-electron chi connectivity index (χ3n) is 3.38.